The molecule has 0 aliphatic heterocycles. The highest BCUT2D eigenvalue weighted by Crippen LogP contribution is 2.36. The third-order valence-electron chi connectivity index (χ3n) is 2.70. The molecule has 5 nitrogen and oxygen atoms in total. The molecule has 0 bridgehead atoms. The maximum atomic E-state index is 11.6. The number of halogens is 1. The second kappa shape index (κ2) is 8.54. The summed E-state index contributed by atoms with van der Waals surface area (Å²) in [7, 11) is 4.50. The van der Waals surface area contributed by atoms with E-state index in [9.17, 15) is 4.79 Å². The number of carbonyl (C=O) groups is 1. The summed E-state index contributed by atoms with van der Waals surface area (Å²) in [4.78, 5) is 16.4. The van der Waals surface area contributed by atoms with E-state index < -0.39 is 0 Å². The maximum absolute atomic E-state index is 11.6. The zero-order chi connectivity index (χ0) is 15.8. The summed E-state index contributed by atoms with van der Waals surface area (Å²) in [6.45, 7) is 2.57. The van der Waals surface area contributed by atoms with Crippen LogP contribution in [0.5, 0.6) is 11.5 Å². The van der Waals surface area contributed by atoms with Crippen molar-refractivity contribution in [2.24, 2.45) is 0 Å². The molecule has 0 atom stereocenters. The normalized spacial score (nSPS) is 10.7. The van der Waals surface area contributed by atoms with Crippen molar-refractivity contribution in [3.63, 3.8) is 0 Å². The van der Waals surface area contributed by atoms with Crippen molar-refractivity contribution in [3.05, 3.63) is 28.8 Å². The van der Waals surface area contributed by atoms with Crippen molar-refractivity contribution < 1.29 is 19.1 Å². The van der Waals surface area contributed by atoms with E-state index in [1.807, 2.05) is 6.92 Å². The molecule has 0 unspecified atom stereocenters. The van der Waals surface area contributed by atoms with E-state index in [2.05, 4.69) is 0 Å². The highest BCUT2D eigenvalue weighted by atomic mass is 35.5. The number of carbonyl (C=O) groups excluding carboxylic acids is 1. The van der Waals surface area contributed by atoms with Crippen LogP contribution in [0.15, 0.2) is 18.2 Å². The molecule has 1 amide bonds. The Kier molecular flexibility index (Phi) is 7.05. The molecule has 6 heteroatoms. The molecule has 0 spiro atoms. The molecule has 0 N–H and O–H groups in total. The highest BCUT2D eigenvalue weighted by molar-refractivity contribution is 6.32. The fourth-order valence-electron chi connectivity index (χ4n) is 1.54. The Labute approximate surface area is 130 Å². The van der Waals surface area contributed by atoms with Gasteiger partial charge in [0.25, 0.3) is 5.91 Å². The molecule has 1 aromatic rings. The van der Waals surface area contributed by atoms with E-state index in [0.717, 1.165) is 17.0 Å². The van der Waals surface area contributed by atoms with E-state index in [1.54, 1.807) is 25.3 Å². The van der Waals surface area contributed by atoms with Gasteiger partial charge in [0, 0.05) is 13.1 Å². The van der Waals surface area contributed by atoms with E-state index in [-0.39, 0.29) is 5.91 Å². The molecule has 0 radical (unpaired) electrons. The summed E-state index contributed by atoms with van der Waals surface area (Å²) in [6.07, 6.45) is 3.90. The molecule has 116 valence electrons. The summed E-state index contributed by atoms with van der Waals surface area (Å²) < 4.78 is 10.8. The quantitative estimate of drug-likeness (QED) is 0.573. The number of amides is 1. The first-order valence-corrected chi connectivity index (χ1v) is 6.91. The number of methoxy groups -OCH3 is 1. The Morgan fingerprint density at radius 1 is 1.38 bits per heavy atom. The fourth-order valence-corrected chi connectivity index (χ4v) is 1.82. The molecule has 0 saturated carbocycles. The number of nitrogens with zero attached hydrogens (tertiary/aromatic N) is 1. The maximum Gasteiger partial charge on any atom is 0.269 e. The van der Waals surface area contributed by atoms with E-state index >= 15 is 0 Å². The first-order valence-electron chi connectivity index (χ1n) is 6.53. The van der Waals surface area contributed by atoms with Crippen molar-refractivity contribution in [2.75, 3.05) is 27.9 Å². The molecule has 0 heterocycles. The number of hydrogen-bond donors (Lipinski definition) is 0. The summed E-state index contributed by atoms with van der Waals surface area (Å²) >= 11 is 6.20. The SMILES string of the molecule is CCCOc1c(Cl)cc(/C=C/C(=O)N(C)OC)cc1OC. The smallest absolute Gasteiger partial charge is 0.269 e. The van der Waals surface area contributed by atoms with Gasteiger partial charge in [0.05, 0.1) is 25.8 Å². The largest absolute Gasteiger partial charge is 0.493 e. The molecule has 21 heavy (non-hydrogen) atoms. The van der Waals surface area contributed by atoms with Gasteiger partial charge in [-0.15, -0.1) is 0 Å². The zero-order valence-corrected chi connectivity index (χ0v) is 13.4. The van der Waals surface area contributed by atoms with Crippen molar-refractivity contribution >= 4 is 23.6 Å². The second-order valence-electron chi connectivity index (χ2n) is 4.23. The van der Waals surface area contributed by atoms with Gasteiger partial charge in [-0.25, -0.2) is 5.06 Å². The molecule has 0 aromatic heterocycles. The van der Waals surface area contributed by atoms with Crippen LogP contribution >= 0.6 is 11.6 Å². The topological polar surface area (TPSA) is 48.0 Å². The Bertz CT molecular complexity index is 517. The van der Waals surface area contributed by atoms with Crippen LogP contribution in [0.3, 0.4) is 0 Å². The van der Waals surface area contributed by atoms with Crippen molar-refractivity contribution in [3.8, 4) is 11.5 Å². The fraction of sp³-hybridized carbons (Fsp3) is 0.400. The van der Waals surface area contributed by atoms with Crippen LogP contribution < -0.4 is 9.47 Å². The lowest BCUT2D eigenvalue weighted by atomic mass is 10.2. The minimum absolute atomic E-state index is 0.279. The van der Waals surface area contributed by atoms with Gasteiger partial charge in [0.15, 0.2) is 11.5 Å². The third kappa shape index (κ3) is 4.95. The van der Waals surface area contributed by atoms with Crippen LogP contribution in [0, 0.1) is 0 Å². The summed E-state index contributed by atoms with van der Waals surface area (Å²) in [5.74, 6) is 0.764. The van der Waals surface area contributed by atoms with Gasteiger partial charge in [0.2, 0.25) is 0 Å². The minimum atomic E-state index is -0.279. The molecule has 0 aliphatic rings. The van der Waals surface area contributed by atoms with E-state index in [1.165, 1.54) is 20.2 Å². The van der Waals surface area contributed by atoms with Gasteiger partial charge >= 0.3 is 0 Å². The number of rotatable bonds is 7. The number of benzene rings is 1. The number of ether oxygens (including phenoxy) is 2. The lowest BCUT2D eigenvalue weighted by Crippen LogP contribution is -2.22. The predicted octanol–water partition coefficient (Wildman–Crippen LogP) is 3.17. The van der Waals surface area contributed by atoms with Crippen LogP contribution in [-0.2, 0) is 9.63 Å². The first-order chi connectivity index (χ1) is 10.0. The molecule has 0 aliphatic carbocycles. The Morgan fingerprint density at radius 3 is 2.67 bits per heavy atom. The molecule has 0 fully saturated rings. The van der Waals surface area contributed by atoms with E-state index in [0.29, 0.717) is 23.1 Å². The first kappa shape index (κ1) is 17.3. The number of likely N-dealkylation sites (N-methyl/N-ethyl adjacent to an activating group) is 1. The second-order valence-corrected chi connectivity index (χ2v) is 4.64. The van der Waals surface area contributed by atoms with E-state index in [4.69, 9.17) is 25.9 Å². The van der Waals surface area contributed by atoms with Gasteiger partial charge in [-0.05, 0) is 30.2 Å². The molecular formula is C15H20ClNO4. The third-order valence-corrected chi connectivity index (χ3v) is 2.99. The van der Waals surface area contributed by atoms with Gasteiger partial charge in [0.1, 0.15) is 0 Å². The zero-order valence-electron chi connectivity index (χ0n) is 12.7. The van der Waals surface area contributed by atoms with Crippen LogP contribution in [0.2, 0.25) is 5.02 Å². The summed E-state index contributed by atoms with van der Waals surface area (Å²) in [6, 6.07) is 3.47. The standard InChI is InChI=1S/C15H20ClNO4/c1-5-8-21-15-12(16)9-11(10-13(15)19-3)6-7-14(18)17(2)20-4/h6-7,9-10H,5,8H2,1-4H3/b7-6+. The van der Waals surface area contributed by atoms with Gasteiger partial charge in [-0.3, -0.25) is 9.63 Å². The van der Waals surface area contributed by atoms with Gasteiger partial charge in [-0.1, -0.05) is 18.5 Å². The lowest BCUT2D eigenvalue weighted by Gasteiger charge is -2.13. The molecule has 1 aromatic carbocycles. The minimum Gasteiger partial charge on any atom is -0.493 e. The lowest BCUT2D eigenvalue weighted by molar-refractivity contribution is -0.162. The Morgan fingerprint density at radius 2 is 2.10 bits per heavy atom. The average Bonchev–Trinajstić information content (AvgIpc) is 2.50. The summed E-state index contributed by atoms with van der Waals surface area (Å²) in [5, 5.41) is 1.56. The summed E-state index contributed by atoms with van der Waals surface area (Å²) in [5.41, 5.74) is 0.735. The van der Waals surface area contributed by atoms with Crippen molar-refractivity contribution in [2.45, 2.75) is 13.3 Å². The van der Waals surface area contributed by atoms with Crippen molar-refractivity contribution in [1.29, 1.82) is 0 Å². The van der Waals surface area contributed by atoms with Gasteiger partial charge in [-0.2, -0.15) is 0 Å². The average molecular weight is 314 g/mol. The molecule has 1 rings (SSSR count). The number of hydroxylamine groups is 2. The highest BCUT2D eigenvalue weighted by Gasteiger charge is 2.11. The van der Waals surface area contributed by atoms with Crippen LogP contribution in [-0.4, -0.2) is 38.8 Å². The Hall–Kier alpha value is -1.72. The van der Waals surface area contributed by atoms with Crippen LogP contribution in [0.4, 0.5) is 0 Å². The predicted molar refractivity (Wildman–Crippen MR) is 82.6 cm³/mol. The van der Waals surface area contributed by atoms with Gasteiger partial charge < -0.3 is 9.47 Å². The molecule has 0 saturated heterocycles. The Balaban J connectivity index is 2.98. The molecular weight excluding hydrogens is 294 g/mol. The van der Waals surface area contributed by atoms with Crippen LogP contribution in [0.1, 0.15) is 18.9 Å². The monoisotopic (exact) mass is 313 g/mol. The van der Waals surface area contributed by atoms with Crippen molar-refractivity contribution in [1.82, 2.24) is 5.06 Å². The van der Waals surface area contributed by atoms with Crippen LogP contribution in [0.25, 0.3) is 6.08 Å². The number of hydrogen-bond acceptors (Lipinski definition) is 4.